The Morgan fingerprint density at radius 1 is 1.02 bits per heavy atom. The van der Waals surface area contributed by atoms with Crippen LogP contribution in [0.1, 0.15) is 64.6 Å². The van der Waals surface area contributed by atoms with E-state index in [4.69, 9.17) is 0 Å². The molecule has 2 aromatic heterocycles. The number of nitrogens with zero attached hydrogens (tertiary/aromatic N) is 3. The molecule has 0 fully saturated rings. The Balaban J connectivity index is 1.53. The van der Waals surface area contributed by atoms with E-state index in [-0.39, 0.29) is 29.7 Å². The van der Waals surface area contributed by atoms with Crippen LogP contribution < -0.4 is 5.32 Å². The van der Waals surface area contributed by atoms with Gasteiger partial charge in [0.1, 0.15) is 24.0 Å². The molecule has 1 aliphatic rings. The third-order valence-corrected chi connectivity index (χ3v) is 7.62. The highest BCUT2D eigenvalue weighted by atomic mass is 19.4. The van der Waals surface area contributed by atoms with E-state index in [1.807, 2.05) is 6.08 Å². The molecule has 4 aromatic rings. The average molecular weight is 627 g/mol. The number of allylic oxidation sites excluding steroid dienone is 2. The fraction of sp³-hybridized carbons (Fsp3) is 0.273. The van der Waals surface area contributed by atoms with Crippen molar-refractivity contribution < 1.29 is 35.9 Å². The van der Waals surface area contributed by atoms with Gasteiger partial charge in [0.05, 0.1) is 17.0 Å². The molecule has 1 aliphatic carbocycles. The molecule has 0 saturated carbocycles. The van der Waals surface area contributed by atoms with Crippen molar-refractivity contribution in [1.29, 1.82) is 0 Å². The Labute approximate surface area is 254 Å². The molecule has 1 N–H and O–H groups in total. The van der Waals surface area contributed by atoms with E-state index in [1.54, 1.807) is 12.1 Å². The highest BCUT2D eigenvalue weighted by Gasteiger charge is 2.36. The van der Waals surface area contributed by atoms with Gasteiger partial charge in [-0.15, -0.1) is 0 Å². The lowest BCUT2D eigenvalue weighted by molar-refractivity contribution is -0.141. The van der Waals surface area contributed by atoms with Crippen molar-refractivity contribution in [3.63, 3.8) is 0 Å². The van der Waals surface area contributed by atoms with Crippen LogP contribution in [0.3, 0.4) is 0 Å². The summed E-state index contributed by atoms with van der Waals surface area (Å²) in [6.07, 6.45) is 0.278. The first kappa shape index (κ1) is 31.7. The van der Waals surface area contributed by atoms with Gasteiger partial charge in [0, 0.05) is 37.2 Å². The molecule has 0 unspecified atom stereocenters. The molecule has 0 bridgehead atoms. The van der Waals surface area contributed by atoms with Gasteiger partial charge in [-0.25, -0.2) is 13.2 Å². The number of alkyl halides is 3. The molecule has 0 spiro atoms. The molecule has 1 atom stereocenters. The van der Waals surface area contributed by atoms with Gasteiger partial charge >= 0.3 is 6.18 Å². The minimum absolute atomic E-state index is 0.0567. The van der Waals surface area contributed by atoms with Gasteiger partial charge in [-0.1, -0.05) is 18.2 Å². The summed E-state index contributed by atoms with van der Waals surface area (Å²) in [6, 6.07) is 11.0. The van der Waals surface area contributed by atoms with Crippen LogP contribution in [0.4, 0.5) is 26.3 Å². The van der Waals surface area contributed by atoms with Crippen molar-refractivity contribution in [2.75, 3.05) is 7.05 Å². The van der Waals surface area contributed by atoms with Crippen molar-refractivity contribution in [3.05, 3.63) is 113 Å². The second-order valence-electron chi connectivity index (χ2n) is 10.8. The SMILES string of the molecule is CNC(=O)c1cc(-c2cccnc2[C@@H](CC(=O)Cn2nc(C(F)(F)F)cc2C2=CCCC2)Cc2cc(F)cc(F)c2)ccc1F. The Bertz CT molecular complexity index is 1760. The summed E-state index contributed by atoms with van der Waals surface area (Å²) < 4.78 is 84.6. The summed E-state index contributed by atoms with van der Waals surface area (Å²) >= 11 is 0. The van der Waals surface area contributed by atoms with Crippen LogP contribution in [0.25, 0.3) is 16.7 Å². The smallest absolute Gasteiger partial charge is 0.355 e. The van der Waals surface area contributed by atoms with E-state index < -0.39 is 53.5 Å². The number of hydrogen-bond acceptors (Lipinski definition) is 4. The van der Waals surface area contributed by atoms with E-state index in [0.29, 0.717) is 41.3 Å². The molecule has 2 heterocycles. The lowest BCUT2D eigenvalue weighted by Crippen LogP contribution is -2.20. The molecular formula is C33H28F6N4O2. The standard InChI is InChI=1S/C33H28F6N4O2/c1-40-32(45)27-15-21(8-9-28(27)36)26-7-4-10-41-31(26)22(11-19-12-23(34)16-24(35)13-19)14-25(44)18-43-29(20-5-2-3-6-20)17-30(42-43)33(37,38)39/h4-5,7-10,12-13,15-17,22H,2-3,6,11,14,18H2,1H3,(H,40,45)/t22-/m1/s1. The molecular weight excluding hydrogens is 598 g/mol. The maximum atomic E-state index is 14.5. The fourth-order valence-corrected chi connectivity index (χ4v) is 5.61. The average Bonchev–Trinajstić information content (AvgIpc) is 3.67. The third kappa shape index (κ3) is 7.33. The lowest BCUT2D eigenvalue weighted by Gasteiger charge is -2.20. The van der Waals surface area contributed by atoms with Gasteiger partial charge in [0.25, 0.3) is 5.91 Å². The lowest BCUT2D eigenvalue weighted by atomic mass is 9.86. The Hall–Kier alpha value is -4.74. The van der Waals surface area contributed by atoms with Crippen LogP contribution in [-0.4, -0.2) is 33.5 Å². The van der Waals surface area contributed by atoms with E-state index in [1.165, 1.54) is 25.4 Å². The number of pyridine rings is 1. The maximum Gasteiger partial charge on any atom is 0.435 e. The summed E-state index contributed by atoms with van der Waals surface area (Å²) in [5.74, 6) is -4.36. The minimum atomic E-state index is -4.71. The number of carbonyl (C=O) groups is 2. The largest absolute Gasteiger partial charge is 0.435 e. The quantitative estimate of drug-likeness (QED) is 0.188. The van der Waals surface area contributed by atoms with E-state index >= 15 is 0 Å². The van der Waals surface area contributed by atoms with Gasteiger partial charge in [-0.2, -0.15) is 18.3 Å². The number of rotatable bonds is 10. The molecule has 12 heteroatoms. The summed E-state index contributed by atoms with van der Waals surface area (Å²) in [5, 5.41) is 6.08. The first-order valence-corrected chi connectivity index (χ1v) is 14.2. The number of carbonyl (C=O) groups excluding carboxylic acids is 2. The van der Waals surface area contributed by atoms with Crippen molar-refractivity contribution in [1.82, 2.24) is 20.1 Å². The first-order chi connectivity index (χ1) is 21.4. The summed E-state index contributed by atoms with van der Waals surface area (Å²) in [5.41, 5.74) is 0.933. The third-order valence-electron chi connectivity index (χ3n) is 7.62. The number of amides is 1. The zero-order valence-corrected chi connectivity index (χ0v) is 24.1. The van der Waals surface area contributed by atoms with E-state index in [2.05, 4.69) is 15.4 Å². The van der Waals surface area contributed by atoms with Gasteiger partial charge in [-0.3, -0.25) is 19.3 Å². The predicted octanol–water partition coefficient (Wildman–Crippen LogP) is 7.29. The zero-order valence-electron chi connectivity index (χ0n) is 24.1. The number of nitrogens with one attached hydrogen (secondary N) is 1. The van der Waals surface area contributed by atoms with Crippen molar-refractivity contribution >= 4 is 17.3 Å². The Morgan fingerprint density at radius 3 is 2.44 bits per heavy atom. The molecule has 1 amide bonds. The second-order valence-corrected chi connectivity index (χ2v) is 10.8. The van der Waals surface area contributed by atoms with Crippen LogP contribution >= 0.6 is 0 Å². The normalized spacial score (nSPS) is 13.9. The van der Waals surface area contributed by atoms with Crippen LogP contribution in [-0.2, 0) is 23.9 Å². The van der Waals surface area contributed by atoms with Crippen LogP contribution in [0, 0.1) is 17.5 Å². The second kappa shape index (κ2) is 13.1. The van der Waals surface area contributed by atoms with Crippen LogP contribution in [0.15, 0.2) is 66.9 Å². The first-order valence-electron chi connectivity index (χ1n) is 14.2. The number of ketones is 1. The molecule has 0 radical (unpaired) electrons. The molecule has 45 heavy (non-hydrogen) atoms. The minimum Gasteiger partial charge on any atom is -0.355 e. The zero-order chi connectivity index (χ0) is 32.3. The number of halogens is 6. The van der Waals surface area contributed by atoms with E-state index in [9.17, 15) is 35.9 Å². The van der Waals surface area contributed by atoms with Crippen LogP contribution in [0.2, 0.25) is 0 Å². The topological polar surface area (TPSA) is 76.9 Å². The van der Waals surface area contributed by atoms with Crippen molar-refractivity contribution in [2.24, 2.45) is 0 Å². The van der Waals surface area contributed by atoms with Gasteiger partial charge in [-0.05, 0) is 78.8 Å². The molecule has 2 aromatic carbocycles. The molecule has 5 rings (SSSR count). The number of Topliss-reactive ketones (excluding diaryl/α,β-unsaturated/α-hetero) is 1. The molecule has 0 saturated heterocycles. The van der Waals surface area contributed by atoms with Gasteiger partial charge < -0.3 is 5.32 Å². The molecule has 0 aliphatic heterocycles. The predicted molar refractivity (Wildman–Crippen MR) is 155 cm³/mol. The highest BCUT2D eigenvalue weighted by Crippen LogP contribution is 2.36. The summed E-state index contributed by atoms with van der Waals surface area (Å²) in [4.78, 5) is 30.3. The van der Waals surface area contributed by atoms with Crippen molar-refractivity contribution in [2.45, 2.75) is 50.7 Å². The molecule has 6 nitrogen and oxygen atoms in total. The summed E-state index contributed by atoms with van der Waals surface area (Å²) in [7, 11) is 1.36. The Morgan fingerprint density at radius 2 is 1.78 bits per heavy atom. The highest BCUT2D eigenvalue weighted by molar-refractivity contribution is 5.95. The Kier molecular flexibility index (Phi) is 9.21. The van der Waals surface area contributed by atoms with Gasteiger partial charge in [0.15, 0.2) is 11.5 Å². The number of hydrogen-bond donors (Lipinski definition) is 1. The number of aromatic nitrogens is 3. The fourth-order valence-electron chi connectivity index (χ4n) is 5.61. The van der Waals surface area contributed by atoms with Gasteiger partial charge in [0.2, 0.25) is 0 Å². The van der Waals surface area contributed by atoms with Crippen LogP contribution in [0.5, 0.6) is 0 Å². The van der Waals surface area contributed by atoms with Crippen molar-refractivity contribution in [3.8, 4) is 11.1 Å². The monoisotopic (exact) mass is 626 g/mol. The summed E-state index contributed by atoms with van der Waals surface area (Å²) in [6.45, 7) is -0.476. The number of benzene rings is 2. The van der Waals surface area contributed by atoms with E-state index in [0.717, 1.165) is 35.4 Å². The molecule has 234 valence electrons. The maximum absolute atomic E-state index is 14.5.